The van der Waals surface area contributed by atoms with Gasteiger partial charge in [0.25, 0.3) is 0 Å². The lowest BCUT2D eigenvalue weighted by atomic mass is 10.0. The van der Waals surface area contributed by atoms with Crippen LogP contribution in [0.15, 0.2) is 0 Å². The van der Waals surface area contributed by atoms with Crippen molar-refractivity contribution in [1.82, 2.24) is 4.90 Å². The third-order valence-electron chi connectivity index (χ3n) is 3.00. The highest BCUT2D eigenvalue weighted by Gasteiger charge is 2.26. The lowest BCUT2D eigenvalue weighted by Crippen LogP contribution is -2.38. The van der Waals surface area contributed by atoms with Gasteiger partial charge in [-0.1, -0.05) is 6.92 Å². The van der Waals surface area contributed by atoms with Gasteiger partial charge in [0.05, 0.1) is 5.92 Å². The van der Waals surface area contributed by atoms with Gasteiger partial charge in [-0.3, -0.25) is 9.59 Å². The Labute approximate surface area is 110 Å². The van der Waals surface area contributed by atoms with Gasteiger partial charge in [-0.25, -0.2) is 0 Å². The fraction of sp³-hybridized carbons (Fsp3) is 0.857. The van der Waals surface area contributed by atoms with E-state index in [1.807, 2.05) is 25.7 Å². The van der Waals surface area contributed by atoms with E-state index in [4.69, 9.17) is 4.74 Å². The highest BCUT2D eigenvalue weighted by molar-refractivity contribution is 5.83. The minimum Gasteiger partial charge on any atom is -0.460 e. The average molecular weight is 255 g/mol. The Bertz CT molecular complexity index is 301. The van der Waals surface area contributed by atoms with Gasteiger partial charge >= 0.3 is 5.97 Å². The van der Waals surface area contributed by atoms with Crippen LogP contribution in [0.1, 0.15) is 53.4 Å². The number of carbonyl (C=O) groups excluding carboxylic acids is 2. The maximum Gasteiger partial charge on any atom is 0.309 e. The number of likely N-dealkylation sites (tertiary alicyclic amines) is 1. The van der Waals surface area contributed by atoms with E-state index in [9.17, 15) is 9.59 Å². The molecule has 104 valence electrons. The van der Waals surface area contributed by atoms with E-state index in [0.717, 1.165) is 25.9 Å². The Morgan fingerprint density at radius 2 is 1.72 bits per heavy atom. The lowest BCUT2D eigenvalue weighted by molar-refractivity contribution is -0.161. The summed E-state index contributed by atoms with van der Waals surface area (Å²) >= 11 is 0. The highest BCUT2D eigenvalue weighted by atomic mass is 16.6. The summed E-state index contributed by atoms with van der Waals surface area (Å²) in [5, 5.41) is 0. The van der Waals surface area contributed by atoms with Crippen molar-refractivity contribution in [2.75, 3.05) is 13.1 Å². The minimum absolute atomic E-state index is 0.0769. The van der Waals surface area contributed by atoms with Crippen LogP contribution >= 0.6 is 0 Å². The maximum atomic E-state index is 12.0. The summed E-state index contributed by atoms with van der Waals surface area (Å²) in [6.45, 7) is 8.94. The van der Waals surface area contributed by atoms with Gasteiger partial charge < -0.3 is 9.64 Å². The van der Waals surface area contributed by atoms with Crippen LogP contribution in [0.3, 0.4) is 0 Å². The lowest BCUT2D eigenvalue weighted by Gasteiger charge is -2.28. The standard InChI is InChI=1S/C14H25NO3/c1-11(13(17)18-14(2,3)4)10-12(16)15-8-6-5-7-9-15/h11H,5-10H2,1-4H3. The molecule has 1 aliphatic heterocycles. The molecule has 1 amide bonds. The first-order valence-electron chi connectivity index (χ1n) is 6.80. The average Bonchev–Trinajstić information content (AvgIpc) is 2.27. The molecule has 18 heavy (non-hydrogen) atoms. The molecule has 4 heteroatoms. The van der Waals surface area contributed by atoms with Gasteiger partial charge in [-0.05, 0) is 40.0 Å². The molecular weight excluding hydrogens is 230 g/mol. The van der Waals surface area contributed by atoms with Crippen molar-refractivity contribution in [1.29, 1.82) is 0 Å². The second kappa shape index (κ2) is 6.21. The van der Waals surface area contributed by atoms with Crippen molar-refractivity contribution in [2.45, 2.75) is 59.0 Å². The first-order valence-corrected chi connectivity index (χ1v) is 6.80. The zero-order valence-corrected chi connectivity index (χ0v) is 12.0. The molecule has 1 fully saturated rings. The first kappa shape index (κ1) is 15.0. The van der Waals surface area contributed by atoms with E-state index >= 15 is 0 Å². The van der Waals surface area contributed by atoms with Crippen LogP contribution in [0.5, 0.6) is 0 Å². The topological polar surface area (TPSA) is 46.6 Å². The maximum absolute atomic E-state index is 12.0. The summed E-state index contributed by atoms with van der Waals surface area (Å²) in [6.07, 6.45) is 3.61. The summed E-state index contributed by atoms with van der Waals surface area (Å²) in [7, 11) is 0. The third-order valence-corrected chi connectivity index (χ3v) is 3.00. The number of hydrogen-bond donors (Lipinski definition) is 0. The van der Waals surface area contributed by atoms with Crippen molar-refractivity contribution < 1.29 is 14.3 Å². The van der Waals surface area contributed by atoms with Gasteiger partial charge in [0, 0.05) is 19.5 Å². The molecule has 4 nitrogen and oxygen atoms in total. The Morgan fingerprint density at radius 3 is 2.22 bits per heavy atom. The van der Waals surface area contributed by atoms with E-state index in [1.165, 1.54) is 6.42 Å². The molecule has 0 aromatic heterocycles. The fourth-order valence-corrected chi connectivity index (χ4v) is 2.02. The van der Waals surface area contributed by atoms with Crippen LogP contribution in [0.25, 0.3) is 0 Å². The largest absolute Gasteiger partial charge is 0.460 e. The quantitative estimate of drug-likeness (QED) is 0.727. The Kier molecular flexibility index (Phi) is 5.17. The van der Waals surface area contributed by atoms with Crippen molar-refractivity contribution in [3.05, 3.63) is 0 Å². The predicted molar refractivity (Wildman–Crippen MR) is 70.1 cm³/mol. The van der Waals surface area contributed by atoms with Crippen molar-refractivity contribution in [2.24, 2.45) is 5.92 Å². The smallest absolute Gasteiger partial charge is 0.309 e. The van der Waals surface area contributed by atoms with Crippen LogP contribution in [-0.2, 0) is 14.3 Å². The molecule has 0 aromatic carbocycles. The van der Waals surface area contributed by atoms with Gasteiger partial charge in [-0.2, -0.15) is 0 Å². The second-order valence-corrected chi connectivity index (χ2v) is 6.08. The molecule has 1 unspecified atom stereocenters. The second-order valence-electron chi connectivity index (χ2n) is 6.08. The first-order chi connectivity index (χ1) is 8.29. The van der Waals surface area contributed by atoms with Gasteiger partial charge in [-0.15, -0.1) is 0 Å². The monoisotopic (exact) mass is 255 g/mol. The molecular formula is C14H25NO3. The predicted octanol–water partition coefficient (Wildman–Crippen LogP) is 2.37. The van der Waals surface area contributed by atoms with Gasteiger partial charge in [0.1, 0.15) is 5.60 Å². The third kappa shape index (κ3) is 5.07. The van der Waals surface area contributed by atoms with E-state index in [-0.39, 0.29) is 24.2 Å². The number of rotatable bonds is 3. The SMILES string of the molecule is CC(CC(=O)N1CCCCC1)C(=O)OC(C)(C)C. The molecule has 0 aromatic rings. The molecule has 0 N–H and O–H groups in total. The molecule has 0 spiro atoms. The van der Waals surface area contributed by atoms with Crippen LogP contribution in [-0.4, -0.2) is 35.5 Å². The zero-order chi connectivity index (χ0) is 13.8. The molecule has 0 radical (unpaired) electrons. The summed E-state index contributed by atoms with van der Waals surface area (Å²) in [5.41, 5.74) is -0.487. The van der Waals surface area contributed by atoms with Crippen LogP contribution in [0, 0.1) is 5.92 Å². The molecule has 0 saturated carbocycles. The number of nitrogens with zero attached hydrogens (tertiary/aromatic N) is 1. The van der Waals surface area contributed by atoms with Gasteiger partial charge in [0.15, 0.2) is 0 Å². The summed E-state index contributed by atoms with van der Waals surface area (Å²) in [4.78, 5) is 25.6. The van der Waals surface area contributed by atoms with E-state index in [2.05, 4.69) is 0 Å². The normalized spacial score (nSPS) is 18.3. The molecule has 1 rings (SSSR count). The van der Waals surface area contributed by atoms with E-state index in [0.29, 0.717) is 0 Å². The summed E-state index contributed by atoms with van der Waals surface area (Å²) < 4.78 is 5.28. The number of ether oxygens (including phenoxy) is 1. The molecule has 1 heterocycles. The number of amides is 1. The summed E-state index contributed by atoms with van der Waals surface area (Å²) in [5.74, 6) is -0.570. The molecule has 1 saturated heterocycles. The van der Waals surface area contributed by atoms with E-state index < -0.39 is 5.60 Å². The Hall–Kier alpha value is -1.06. The molecule has 0 bridgehead atoms. The minimum atomic E-state index is -0.487. The number of piperidine rings is 1. The fourth-order valence-electron chi connectivity index (χ4n) is 2.02. The Balaban J connectivity index is 2.41. The number of carbonyl (C=O) groups is 2. The molecule has 0 aliphatic carbocycles. The van der Waals surface area contributed by atoms with Crippen LogP contribution in [0.4, 0.5) is 0 Å². The highest BCUT2D eigenvalue weighted by Crippen LogP contribution is 2.16. The van der Waals surface area contributed by atoms with Gasteiger partial charge in [0.2, 0.25) is 5.91 Å². The van der Waals surface area contributed by atoms with Crippen molar-refractivity contribution in [3.63, 3.8) is 0 Å². The molecule has 1 atom stereocenters. The number of esters is 1. The van der Waals surface area contributed by atoms with Crippen LogP contribution in [0.2, 0.25) is 0 Å². The summed E-state index contributed by atoms with van der Waals surface area (Å²) in [6, 6.07) is 0. The zero-order valence-electron chi connectivity index (χ0n) is 12.0. The Morgan fingerprint density at radius 1 is 1.17 bits per heavy atom. The number of hydrogen-bond acceptors (Lipinski definition) is 3. The van der Waals surface area contributed by atoms with E-state index in [1.54, 1.807) is 6.92 Å². The van der Waals surface area contributed by atoms with Crippen LogP contribution < -0.4 is 0 Å². The van der Waals surface area contributed by atoms with Crippen molar-refractivity contribution >= 4 is 11.9 Å². The van der Waals surface area contributed by atoms with Crippen molar-refractivity contribution in [3.8, 4) is 0 Å². The molecule has 1 aliphatic rings.